The summed E-state index contributed by atoms with van der Waals surface area (Å²) in [6.07, 6.45) is 8.42. The second kappa shape index (κ2) is 7.77. The minimum Gasteiger partial charge on any atom is -0.497 e. The number of hydrogen-bond donors (Lipinski definition) is 2. The molecule has 1 aromatic rings. The van der Waals surface area contributed by atoms with Gasteiger partial charge in [-0.15, -0.1) is 11.3 Å². The number of aromatic nitrogens is 1. The van der Waals surface area contributed by atoms with Gasteiger partial charge in [-0.05, 0) is 19.1 Å². The van der Waals surface area contributed by atoms with Gasteiger partial charge in [-0.3, -0.25) is 29.9 Å². The molecule has 31 heavy (non-hydrogen) atoms. The molecule has 0 saturated carbocycles. The Balaban J connectivity index is 1.68. The van der Waals surface area contributed by atoms with Crippen molar-refractivity contribution in [2.75, 3.05) is 20.2 Å². The van der Waals surface area contributed by atoms with Crippen molar-refractivity contribution in [3.05, 3.63) is 52.0 Å². The van der Waals surface area contributed by atoms with E-state index in [-0.39, 0.29) is 35.3 Å². The molecule has 1 aliphatic carbocycles. The van der Waals surface area contributed by atoms with Gasteiger partial charge in [-0.25, -0.2) is 0 Å². The maximum Gasteiger partial charge on any atom is 0.253 e. The van der Waals surface area contributed by atoms with E-state index >= 15 is 0 Å². The fourth-order valence-corrected chi connectivity index (χ4v) is 4.81. The van der Waals surface area contributed by atoms with E-state index in [2.05, 4.69) is 5.32 Å². The van der Waals surface area contributed by atoms with Crippen molar-refractivity contribution in [1.29, 1.82) is 5.41 Å². The first-order valence-corrected chi connectivity index (χ1v) is 10.6. The predicted molar refractivity (Wildman–Crippen MR) is 110 cm³/mol. The number of likely N-dealkylation sites (tertiary alicyclic amines) is 1. The summed E-state index contributed by atoms with van der Waals surface area (Å²) >= 11 is 1.16. The Morgan fingerprint density at radius 3 is 2.84 bits per heavy atom. The maximum atomic E-state index is 13.4. The smallest absolute Gasteiger partial charge is 0.253 e. The maximum absolute atomic E-state index is 13.4. The highest BCUT2D eigenvalue weighted by molar-refractivity contribution is 7.06. The molecule has 3 heterocycles. The number of carbonyl (C=O) groups is 4. The summed E-state index contributed by atoms with van der Waals surface area (Å²) in [6, 6.07) is 0. The van der Waals surface area contributed by atoms with E-state index in [0.717, 1.165) is 11.3 Å². The molecule has 3 amide bonds. The number of carbonyl (C=O) groups excluding carboxylic acids is 4. The fourth-order valence-electron chi connectivity index (χ4n) is 4.21. The standard InChI is InChI=1S/C21H22N4O5S/c1-12-8-21(19(29)23-17(12)27,16(26)10-24-5-6-31-20(24)22)11-25-9-13-3-4-14(30-2)7-15(13)18(25)28/h3-8,13,15,22H,9-11H2,1-2H3,(H,23,27,29). The minimum atomic E-state index is -1.71. The number of ketones is 1. The number of nitrogens with zero attached hydrogens (tertiary/aromatic N) is 2. The largest absolute Gasteiger partial charge is 0.497 e. The first kappa shape index (κ1) is 21.0. The van der Waals surface area contributed by atoms with Crippen molar-refractivity contribution in [3.63, 3.8) is 0 Å². The molecule has 1 aromatic heterocycles. The van der Waals surface area contributed by atoms with Crippen LogP contribution in [0.1, 0.15) is 6.92 Å². The van der Waals surface area contributed by atoms with Crippen LogP contribution in [-0.4, -0.2) is 53.2 Å². The quantitative estimate of drug-likeness (QED) is 0.487. The van der Waals surface area contributed by atoms with Crippen LogP contribution in [0.4, 0.5) is 0 Å². The first-order valence-electron chi connectivity index (χ1n) is 9.75. The van der Waals surface area contributed by atoms with Gasteiger partial charge in [0.05, 0.1) is 19.6 Å². The van der Waals surface area contributed by atoms with Crippen LogP contribution in [0.2, 0.25) is 0 Å². The molecule has 0 bridgehead atoms. The summed E-state index contributed by atoms with van der Waals surface area (Å²) in [5, 5.41) is 11.8. The van der Waals surface area contributed by atoms with Crippen LogP contribution >= 0.6 is 11.3 Å². The Morgan fingerprint density at radius 2 is 2.16 bits per heavy atom. The van der Waals surface area contributed by atoms with Crippen molar-refractivity contribution >= 4 is 34.8 Å². The van der Waals surface area contributed by atoms with Gasteiger partial charge >= 0.3 is 0 Å². The van der Waals surface area contributed by atoms with Crippen LogP contribution < -0.4 is 10.1 Å². The summed E-state index contributed by atoms with van der Waals surface area (Å²) in [4.78, 5) is 53.2. The van der Waals surface area contributed by atoms with Crippen molar-refractivity contribution in [3.8, 4) is 0 Å². The zero-order valence-electron chi connectivity index (χ0n) is 17.1. The first-order chi connectivity index (χ1) is 14.7. The third kappa shape index (κ3) is 3.56. The second-order valence-corrected chi connectivity index (χ2v) is 8.78. The molecule has 10 heteroatoms. The van der Waals surface area contributed by atoms with Crippen LogP contribution in [0.5, 0.6) is 0 Å². The summed E-state index contributed by atoms with van der Waals surface area (Å²) in [6.45, 7) is 1.50. The Labute approximate surface area is 182 Å². The van der Waals surface area contributed by atoms with Gasteiger partial charge in [0.1, 0.15) is 11.2 Å². The van der Waals surface area contributed by atoms with Gasteiger partial charge < -0.3 is 14.2 Å². The van der Waals surface area contributed by atoms with E-state index in [1.165, 1.54) is 29.6 Å². The van der Waals surface area contributed by atoms with Crippen LogP contribution in [0.15, 0.2) is 47.2 Å². The Bertz CT molecular complexity index is 1130. The molecule has 3 aliphatic rings. The zero-order chi connectivity index (χ0) is 22.3. The monoisotopic (exact) mass is 442 g/mol. The topological polar surface area (TPSA) is 122 Å². The Kier molecular flexibility index (Phi) is 5.26. The lowest BCUT2D eigenvalue weighted by Gasteiger charge is -2.35. The lowest BCUT2D eigenvalue weighted by atomic mass is 9.77. The van der Waals surface area contributed by atoms with Crippen LogP contribution in [0.25, 0.3) is 0 Å². The third-order valence-corrected chi connectivity index (χ3v) is 6.68. The SMILES string of the molecule is COC1=CC2C(=O)N(CC3(C(=O)Cn4ccsc4=N)C=C(C)C(=O)NC3=O)CC2C=C1. The van der Waals surface area contributed by atoms with Gasteiger partial charge in [-0.1, -0.05) is 12.2 Å². The predicted octanol–water partition coefficient (Wildman–Crippen LogP) is 0.362. The molecule has 4 rings (SSSR count). The third-order valence-electron chi connectivity index (χ3n) is 5.96. The van der Waals surface area contributed by atoms with Crippen molar-refractivity contribution < 1.29 is 23.9 Å². The van der Waals surface area contributed by atoms with Gasteiger partial charge in [0.25, 0.3) is 5.91 Å². The number of rotatable bonds is 6. The van der Waals surface area contributed by atoms with Crippen molar-refractivity contribution in [1.82, 2.24) is 14.8 Å². The highest BCUT2D eigenvalue weighted by Gasteiger charge is 2.51. The van der Waals surface area contributed by atoms with Crippen LogP contribution in [-0.2, 0) is 30.5 Å². The van der Waals surface area contributed by atoms with Gasteiger partial charge in [0, 0.05) is 36.2 Å². The van der Waals surface area contributed by atoms with E-state index in [4.69, 9.17) is 10.1 Å². The molecule has 2 aliphatic heterocycles. The average molecular weight is 442 g/mol. The molecule has 9 nitrogen and oxygen atoms in total. The molecular formula is C21H22N4O5S. The number of nitrogens with one attached hydrogen (secondary N) is 2. The van der Waals surface area contributed by atoms with E-state index < -0.39 is 28.9 Å². The van der Waals surface area contributed by atoms with Gasteiger partial charge in [-0.2, -0.15) is 0 Å². The number of methoxy groups -OCH3 is 1. The van der Waals surface area contributed by atoms with E-state index in [1.54, 1.807) is 23.7 Å². The fraction of sp³-hybridized carbons (Fsp3) is 0.381. The zero-order valence-corrected chi connectivity index (χ0v) is 17.9. The molecular weight excluding hydrogens is 420 g/mol. The number of allylic oxidation sites excluding steroid dienone is 1. The number of imide groups is 1. The number of fused-ring (bicyclic) bond motifs is 1. The van der Waals surface area contributed by atoms with Crippen molar-refractivity contribution in [2.24, 2.45) is 17.3 Å². The normalized spacial score (nSPS) is 27.5. The molecule has 1 saturated heterocycles. The minimum absolute atomic E-state index is 0.0806. The molecule has 2 N–H and O–H groups in total. The van der Waals surface area contributed by atoms with E-state index in [9.17, 15) is 19.2 Å². The molecule has 3 atom stereocenters. The highest BCUT2D eigenvalue weighted by atomic mass is 32.1. The lowest BCUT2D eigenvalue weighted by Crippen LogP contribution is -2.57. The summed E-state index contributed by atoms with van der Waals surface area (Å²) < 4.78 is 6.66. The Hall–Kier alpha value is -3.27. The van der Waals surface area contributed by atoms with E-state index in [1.807, 2.05) is 6.08 Å². The van der Waals surface area contributed by atoms with Gasteiger partial charge in [0.2, 0.25) is 11.8 Å². The number of ether oxygens (including phenoxy) is 1. The summed E-state index contributed by atoms with van der Waals surface area (Å²) in [7, 11) is 1.53. The Morgan fingerprint density at radius 1 is 1.39 bits per heavy atom. The molecule has 0 aromatic carbocycles. The van der Waals surface area contributed by atoms with Crippen molar-refractivity contribution in [2.45, 2.75) is 13.5 Å². The lowest BCUT2D eigenvalue weighted by molar-refractivity contribution is -0.144. The molecule has 162 valence electrons. The number of amides is 3. The number of Topliss-reactive ketones (excluding diaryl/α,β-unsaturated/α-hetero) is 1. The highest BCUT2D eigenvalue weighted by Crippen LogP contribution is 2.36. The van der Waals surface area contributed by atoms with Gasteiger partial charge in [0.15, 0.2) is 10.6 Å². The molecule has 0 radical (unpaired) electrons. The average Bonchev–Trinajstić information content (AvgIpc) is 3.28. The molecule has 3 unspecified atom stereocenters. The summed E-state index contributed by atoms with van der Waals surface area (Å²) in [5.41, 5.74) is -1.47. The van der Waals surface area contributed by atoms with E-state index in [0.29, 0.717) is 12.3 Å². The number of hydrogen-bond acceptors (Lipinski definition) is 7. The van der Waals surface area contributed by atoms with Crippen LogP contribution in [0.3, 0.4) is 0 Å². The summed E-state index contributed by atoms with van der Waals surface area (Å²) in [5.74, 6) is -1.90. The molecule has 1 fully saturated rings. The molecule has 0 spiro atoms. The van der Waals surface area contributed by atoms with Crippen LogP contribution in [0, 0.1) is 22.7 Å². The number of thiazole rings is 1. The second-order valence-electron chi connectivity index (χ2n) is 7.88.